The summed E-state index contributed by atoms with van der Waals surface area (Å²) < 4.78 is 4.75. The van der Waals surface area contributed by atoms with Crippen molar-refractivity contribution in [2.45, 2.75) is 20.8 Å². The normalized spacial score (nSPS) is 11.6. The minimum atomic E-state index is -0.231. The second-order valence-corrected chi connectivity index (χ2v) is 4.66. The van der Waals surface area contributed by atoms with Crippen LogP contribution in [0, 0.1) is 5.41 Å². The van der Waals surface area contributed by atoms with Gasteiger partial charge in [0.15, 0.2) is 5.12 Å². The summed E-state index contributed by atoms with van der Waals surface area (Å²) in [5.74, 6) is 0.736. The first-order valence-electron chi connectivity index (χ1n) is 3.47. The van der Waals surface area contributed by atoms with E-state index >= 15 is 0 Å². The Morgan fingerprint density at radius 1 is 1.55 bits per heavy atom. The monoisotopic (exact) mass is 194 g/mol. The van der Waals surface area contributed by atoms with Crippen LogP contribution in [-0.4, -0.2) is 17.5 Å². The van der Waals surface area contributed by atoms with Gasteiger partial charge in [0.2, 0.25) is 0 Å². The maximum absolute atomic E-state index is 11.2. The molecule has 0 rings (SSSR count). The number of rotatable bonds is 3. The van der Waals surface area contributed by atoms with Gasteiger partial charge in [-0.2, -0.15) is 0 Å². The van der Waals surface area contributed by atoms with Gasteiger partial charge in [-0.15, -0.1) is 0 Å². The van der Waals surface area contributed by atoms with Crippen LogP contribution < -0.4 is 0 Å². The standard InChI is InChI=1S/C7H15O2PS/c1-7(2,3)6(8)11-5-4-9-10/h4-5,10H2,1-3H3. The van der Waals surface area contributed by atoms with Gasteiger partial charge in [-0.1, -0.05) is 32.5 Å². The van der Waals surface area contributed by atoms with Crippen LogP contribution in [0.3, 0.4) is 0 Å². The van der Waals surface area contributed by atoms with Crippen molar-refractivity contribution in [3.05, 3.63) is 0 Å². The second-order valence-electron chi connectivity index (χ2n) is 3.26. The maximum Gasteiger partial charge on any atom is 0.194 e. The molecule has 0 aliphatic heterocycles. The molecule has 0 aromatic carbocycles. The molecule has 0 radical (unpaired) electrons. The van der Waals surface area contributed by atoms with Crippen LogP contribution in [0.5, 0.6) is 0 Å². The molecule has 0 aliphatic rings. The van der Waals surface area contributed by atoms with Crippen molar-refractivity contribution in [1.82, 2.24) is 0 Å². The van der Waals surface area contributed by atoms with E-state index in [-0.39, 0.29) is 10.5 Å². The molecule has 0 spiro atoms. The van der Waals surface area contributed by atoms with Crippen LogP contribution in [0.4, 0.5) is 0 Å². The molecule has 0 heterocycles. The molecular weight excluding hydrogens is 179 g/mol. The number of hydrogen-bond acceptors (Lipinski definition) is 3. The van der Waals surface area contributed by atoms with Crippen molar-refractivity contribution in [3.8, 4) is 0 Å². The van der Waals surface area contributed by atoms with E-state index in [1.165, 1.54) is 11.8 Å². The maximum atomic E-state index is 11.2. The highest BCUT2D eigenvalue weighted by atomic mass is 32.2. The van der Waals surface area contributed by atoms with Crippen molar-refractivity contribution in [2.75, 3.05) is 12.4 Å². The van der Waals surface area contributed by atoms with Crippen LogP contribution in [0.1, 0.15) is 20.8 Å². The fourth-order valence-corrected chi connectivity index (χ4v) is 1.49. The summed E-state index contributed by atoms with van der Waals surface area (Å²) in [6.45, 7) is 6.37. The zero-order valence-corrected chi connectivity index (χ0v) is 9.19. The molecule has 0 aromatic rings. The Kier molecular flexibility index (Phi) is 5.32. The van der Waals surface area contributed by atoms with Crippen LogP contribution in [0.2, 0.25) is 0 Å². The molecule has 0 bridgehead atoms. The number of thioether (sulfide) groups is 1. The lowest BCUT2D eigenvalue weighted by Crippen LogP contribution is -2.17. The van der Waals surface area contributed by atoms with Gasteiger partial charge >= 0.3 is 0 Å². The molecule has 0 aliphatic carbocycles. The van der Waals surface area contributed by atoms with Gasteiger partial charge in [-0.25, -0.2) is 0 Å². The van der Waals surface area contributed by atoms with Gasteiger partial charge in [0.05, 0.1) is 6.61 Å². The molecule has 0 saturated heterocycles. The van der Waals surface area contributed by atoms with Crippen LogP contribution in [-0.2, 0) is 9.32 Å². The summed E-state index contributed by atoms with van der Waals surface area (Å²) in [7, 11) is 2.17. The SMILES string of the molecule is CC(C)(C)C(=O)SCCOP. The van der Waals surface area contributed by atoms with Crippen molar-refractivity contribution >= 4 is 26.3 Å². The van der Waals surface area contributed by atoms with E-state index in [0.717, 1.165) is 5.75 Å². The molecule has 0 N–H and O–H groups in total. The second kappa shape index (κ2) is 5.13. The molecule has 0 saturated carbocycles. The van der Waals surface area contributed by atoms with E-state index in [1.807, 2.05) is 20.8 Å². The zero-order chi connectivity index (χ0) is 8.91. The van der Waals surface area contributed by atoms with Crippen LogP contribution in [0.15, 0.2) is 0 Å². The molecule has 11 heavy (non-hydrogen) atoms. The number of carbonyl (C=O) groups excluding carboxylic acids is 1. The largest absolute Gasteiger partial charge is 0.365 e. The van der Waals surface area contributed by atoms with E-state index in [4.69, 9.17) is 4.52 Å². The van der Waals surface area contributed by atoms with Crippen molar-refractivity contribution < 1.29 is 9.32 Å². The minimum absolute atomic E-state index is 0.222. The van der Waals surface area contributed by atoms with E-state index in [9.17, 15) is 4.79 Å². The average molecular weight is 194 g/mol. The van der Waals surface area contributed by atoms with Gasteiger partial charge in [-0.3, -0.25) is 4.79 Å². The summed E-state index contributed by atoms with van der Waals surface area (Å²) in [6, 6.07) is 0. The topological polar surface area (TPSA) is 26.3 Å². The molecule has 66 valence electrons. The first-order chi connectivity index (χ1) is 4.98. The summed E-state index contributed by atoms with van der Waals surface area (Å²) in [5.41, 5.74) is -0.231. The molecule has 0 amide bonds. The molecule has 2 nitrogen and oxygen atoms in total. The number of hydrogen-bond donors (Lipinski definition) is 0. The first kappa shape index (κ1) is 11.4. The number of carbonyl (C=O) groups is 1. The fraction of sp³-hybridized carbons (Fsp3) is 0.857. The molecule has 4 heteroatoms. The third kappa shape index (κ3) is 5.66. The first-order valence-corrected chi connectivity index (χ1v) is 4.93. The highest BCUT2D eigenvalue weighted by Crippen LogP contribution is 2.22. The minimum Gasteiger partial charge on any atom is -0.365 e. The highest BCUT2D eigenvalue weighted by Gasteiger charge is 2.20. The zero-order valence-electron chi connectivity index (χ0n) is 7.22. The Morgan fingerprint density at radius 3 is 2.45 bits per heavy atom. The van der Waals surface area contributed by atoms with Gasteiger partial charge in [0.25, 0.3) is 0 Å². The van der Waals surface area contributed by atoms with Gasteiger partial charge in [0, 0.05) is 20.6 Å². The summed E-state index contributed by atoms with van der Waals surface area (Å²) in [5, 5.41) is 0.222. The predicted octanol–water partition coefficient (Wildman–Crippen LogP) is 2.10. The smallest absolute Gasteiger partial charge is 0.194 e. The third-order valence-electron chi connectivity index (χ3n) is 1.05. The van der Waals surface area contributed by atoms with E-state index in [2.05, 4.69) is 9.47 Å². The van der Waals surface area contributed by atoms with E-state index in [1.54, 1.807) is 0 Å². The molecular formula is C7H15O2PS. The lowest BCUT2D eigenvalue weighted by Gasteiger charge is -2.14. The van der Waals surface area contributed by atoms with E-state index in [0.29, 0.717) is 6.61 Å². The molecule has 1 unspecified atom stereocenters. The quantitative estimate of drug-likeness (QED) is 0.508. The van der Waals surface area contributed by atoms with Crippen LogP contribution >= 0.6 is 21.2 Å². The lowest BCUT2D eigenvalue weighted by molar-refractivity contribution is -0.117. The fourth-order valence-electron chi connectivity index (χ4n) is 0.399. The van der Waals surface area contributed by atoms with Crippen molar-refractivity contribution in [1.29, 1.82) is 0 Å². The van der Waals surface area contributed by atoms with Crippen LogP contribution in [0.25, 0.3) is 0 Å². The Morgan fingerprint density at radius 2 is 2.09 bits per heavy atom. The van der Waals surface area contributed by atoms with Gasteiger partial charge < -0.3 is 4.52 Å². The molecule has 0 aromatic heterocycles. The lowest BCUT2D eigenvalue weighted by atomic mass is 10.00. The third-order valence-corrected chi connectivity index (χ3v) is 2.53. The molecule has 1 atom stereocenters. The highest BCUT2D eigenvalue weighted by molar-refractivity contribution is 8.13. The summed E-state index contributed by atoms with van der Waals surface area (Å²) in [4.78, 5) is 11.2. The Labute approximate surface area is 74.7 Å². The Hall–Kier alpha value is 0.410. The van der Waals surface area contributed by atoms with Crippen molar-refractivity contribution in [2.24, 2.45) is 5.41 Å². The van der Waals surface area contributed by atoms with Gasteiger partial charge in [-0.05, 0) is 0 Å². The molecule has 0 fully saturated rings. The van der Waals surface area contributed by atoms with Crippen molar-refractivity contribution in [3.63, 3.8) is 0 Å². The summed E-state index contributed by atoms with van der Waals surface area (Å²) in [6.07, 6.45) is 0. The Balaban J connectivity index is 3.54. The summed E-state index contributed by atoms with van der Waals surface area (Å²) >= 11 is 1.33. The van der Waals surface area contributed by atoms with E-state index < -0.39 is 0 Å². The average Bonchev–Trinajstić information content (AvgIpc) is 1.86. The van der Waals surface area contributed by atoms with Gasteiger partial charge in [0.1, 0.15) is 0 Å². The predicted molar refractivity (Wildman–Crippen MR) is 52.6 cm³/mol. The Bertz CT molecular complexity index is 131.